The SMILES string of the molecule is Cc1cccc(OCCOc2ccc3ccccc3c2C=CC(=O)O)c1. The minimum atomic E-state index is -0.994. The average Bonchev–Trinajstić information content (AvgIpc) is 2.64. The molecule has 0 bridgehead atoms. The van der Waals surface area contributed by atoms with Crippen molar-refractivity contribution in [3.05, 3.63) is 77.9 Å². The molecule has 0 heterocycles. The fourth-order valence-corrected chi connectivity index (χ4v) is 2.74. The Labute approximate surface area is 152 Å². The maximum Gasteiger partial charge on any atom is 0.328 e. The summed E-state index contributed by atoms with van der Waals surface area (Å²) in [6, 6.07) is 19.5. The van der Waals surface area contributed by atoms with Crippen LogP contribution in [0.1, 0.15) is 11.1 Å². The molecule has 26 heavy (non-hydrogen) atoms. The van der Waals surface area contributed by atoms with Gasteiger partial charge in [0.1, 0.15) is 24.7 Å². The summed E-state index contributed by atoms with van der Waals surface area (Å²) in [5.41, 5.74) is 1.89. The molecule has 1 N–H and O–H groups in total. The van der Waals surface area contributed by atoms with Crippen molar-refractivity contribution < 1.29 is 19.4 Å². The molecule has 3 aromatic rings. The van der Waals surface area contributed by atoms with Crippen LogP contribution < -0.4 is 9.47 Å². The molecule has 0 aliphatic rings. The van der Waals surface area contributed by atoms with Gasteiger partial charge in [-0.2, -0.15) is 0 Å². The topological polar surface area (TPSA) is 55.8 Å². The molecular formula is C22H20O4. The number of ether oxygens (including phenoxy) is 2. The third kappa shape index (κ3) is 4.42. The number of hydrogen-bond acceptors (Lipinski definition) is 3. The van der Waals surface area contributed by atoms with Crippen molar-refractivity contribution in [1.82, 2.24) is 0 Å². The highest BCUT2D eigenvalue weighted by Gasteiger charge is 2.07. The number of aryl methyl sites for hydroxylation is 1. The van der Waals surface area contributed by atoms with Crippen molar-refractivity contribution in [3.8, 4) is 11.5 Å². The molecule has 0 aliphatic heterocycles. The highest BCUT2D eigenvalue weighted by molar-refractivity contribution is 5.96. The van der Waals surface area contributed by atoms with Gasteiger partial charge >= 0.3 is 5.97 Å². The molecule has 4 nitrogen and oxygen atoms in total. The maximum atomic E-state index is 10.9. The summed E-state index contributed by atoms with van der Waals surface area (Å²) in [5, 5.41) is 10.9. The van der Waals surface area contributed by atoms with Crippen LogP contribution in [0, 0.1) is 6.92 Å². The van der Waals surface area contributed by atoms with Crippen LogP contribution in [-0.2, 0) is 4.79 Å². The third-order valence-corrected chi connectivity index (χ3v) is 3.92. The Hall–Kier alpha value is -3.27. The quantitative estimate of drug-likeness (QED) is 0.496. The molecule has 3 aromatic carbocycles. The Balaban J connectivity index is 1.74. The van der Waals surface area contributed by atoms with E-state index >= 15 is 0 Å². The van der Waals surface area contributed by atoms with Gasteiger partial charge in [-0.05, 0) is 47.5 Å². The first-order chi connectivity index (χ1) is 12.6. The zero-order valence-corrected chi connectivity index (χ0v) is 14.5. The van der Waals surface area contributed by atoms with Gasteiger partial charge in [0, 0.05) is 11.6 Å². The smallest absolute Gasteiger partial charge is 0.328 e. The first-order valence-corrected chi connectivity index (χ1v) is 8.38. The molecule has 0 radical (unpaired) electrons. The van der Waals surface area contributed by atoms with Crippen LogP contribution in [0.4, 0.5) is 0 Å². The van der Waals surface area contributed by atoms with Crippen LogP contribution in [0.3, 0.4) is 0 Å². The van der Waals surface area contributed by atoms with Crippen molar-refractivity contribution in [2.45, 2.75) is 6.92 Å². The lowest BCUT2D eigenvalue weighted by atomic mass is 10.0. The van der Waals surface area contributed by atoms with E-state index in [1.807, 2.05) is 67.6 Å². The van der Waals surface area contributed by atoms with Gasteiger partial charge < -0.3 is 14.6 Å². The molecule has 0 aliphatic carbocycles. The summed E-state index contributed by atoms with van der Waals surface area (Å²) >= 11 is 0. The Morgan fingerprint density at radius 2 is 1.81 bits per heavy atom. The van der Waals surface area contributed by atoms with E-state index in [1.165, 1.54) is 0 Å². The van der Waals surface area contributed by atoms with Crippen molar-refractivity contribution in [2.75, 3.05) is 13.2 Å². The normalized spacial score (nSPS) is 11.0. The molecule has 0 amide bonds. The van der Waals surface area contributed by atoms with Crippen molar-refractivity contribution >= 4 is 22.8 Å². The predicted molar refractivity (Wildman–Crippen MR) is 103 cm³/mol. The monoisotopic (exact) mass is 348 g/mol. The second kappa shape index (κ2) is 8.21. The van der Waals surface area contributed by atoms with Crippen LogP contribution in [0.2, 0.25) is 0 Å². The van der Waals surface area contributed by atoms with E-state index in [0.29, 0.717) is 19.0 Å². The molecule has 0 aromatic heterocycles. The van der Waals surface area contributed by atoms with Crippen LogP contribution >= 0.6 is 0 Å². The Morgan fingerprint density at radius 1 is 1.00 bits per heavy atom. The summed E-state index contributed by atoms with van der Waals surface area (Å²) in [4.78, 5) is 10.9. The number of carbonyl (C=O) groups is 1. The number of carboxylic acid groups (broad SMARTS) is 1. The van der Waals surface area contributed by atoms with Crippen molar-refractivity contribution in [3.63, 3.8) is 0 Å². The van der Waals surface area contributed by atoms with E-state index in [9.17, 15) is 4.79 Å². The van der Waals surface area contributed by atoms with E-state index in [1.54, 1.807) is 6.08 Å². The number of rotatable bonds is 7. The molecule has 0 saturated carbocycles. The van der Waals surface area contributed by atoms with Gasteiger partial charge in [-0.15, -0.1) is 0 Å². The lowest BCUT2D eigenvalue weighted by Crippen LogP contribution is -2.09. The third-order valence-electron chi connectivity index (χ3n) is 3.92. The van der Waals surface area contributed by atoms with Crippen LogP contribution in [0.25, 0.3) is 16.8 Å². The van der Waals surface area contributed by atoms with Gasteiger partial charge in [0.25, 0.3) is 0 Å². The summed E-state index contributed by atoms with van der Waals surface area (Å²) in [7, 11) is 0. The van der Waals surface area contributed by atoms with E-state index in [4.69, 9.17) is 14.6 Å². The summed E-state index contributed by atoms with van der Waals surface area (Å²) in [6.45, 7) is 2.78. The molecule has 0 atom stereocenters. The standard InChI is InChI=1S/C22H20O4/c1-16-5-4-7-18(15-16)25-13-14-26-21-11-9-17-6-2-3-8-19(17)20(21)10-12-22(23)24/h2-12,15H,13-14H2,1H3,(H,23,24). The molecule has 4 heteroatoms. The molecule has 0 unspecified atom stereocenters. The van der Waals surface area contributed by atoms with Gasteiger partial charge in [-0.1, -0.05) is 42.5 Å². The van der Waals surface area contributed by atoms with Crippen LogP contribution in [-0.4, -0.2) is 24.3 Å². The Bertz CT molecular complexity index is 944. The Kier molecular flexibility index (Phi) is 5.54. The molecule has 132 valence electrons. The van der Waals surface area contributed by atoms with Crippen molar-refractivity contribution in [2.24, 2.45) is 0 Å². The zero-order valence-electron chi connectivity index (χ0n) is 14.5. The number of carboxylic acids is 1. The molecular weight excluding hydrogens is 328 g/mol. The largest absolute Gasteiger partial charge is 0.490 e. The first kappa shape index (κ1) is 17.5. The summed E-state index contributed by atoms with van der Waals surface area (Å²) in [6.07, 6.45) is 2.69. The van der Waals surface area contributed by atoms with Crippen LogP contribution in [0.15, 0.2) is 66.7 Å². The highest BCUT2D eigenvalue weighted by Crippen LogP contribution is 2.29. The van der Waals surface area contributed by atoms with Gasteiger partial charge in [0.05, 0.1) is 0 Å². The van der Waals surface area contributed by atoms with E-state index in [2.05, 4.69) is 0 Å². The Morgan fingerprint density at radius 3 is 2.62 bits per heavy atom. The van der Waals surface area contributed by atoms with Gasteiger partial charge in [-0.3, -0.25) is 0 Å². The minimum Gasteiger partial charge on any atom is -0.490 e. The second-order valence-corrected chi connectivity index (χ2v) is 5.88. The fraction of sp³-hybridized carbons (Fsp3) is 0.136. The molecule has 0 saturated heterocycles. The molecule has 0 spiro atoms. The molecule has 0 fully saturated rings. The second-order valence-electron chi connectivity index (χ2n) is 5.88. The number of hydrogen-bond donors (Lipinski definition) is 1. The highest BCUT2D eigenvalue weighted by atomic mass is 16.5. The van der Waals surface area contributed by atoms with Gasteiger partial charge in [-0.25, -0.2) is 4.79 Å². The average molecular weight is 348 g/mol. The van der Waals surface area contributed by atoms with Crippen LogP contribution in [0.5, 0.6) is 11.5 Å². The number of benzene rings is 3. The van der Waals surface area contributed by atoms with Gasteiger partial charge in [0.15, 0.2) is 0 Å². The first-order valence-electron chi connectivity index (χ1n) is 8.38. The fourth-order valence-electron chi connectivity index (χ4n) is 2.74. The summed E-state index contributed by atoms with van der Waals surface area (Å²) < 4.78 is 11.6. The summed E-state index contributed by atoms with van der Waals surface area (Å²) in [5.74, 6) is 0.443. The number of fused-ring (bicyclic) bond motifs is 1. The van der Waals surface area contributed by atoms with E-state index < -0.39 is 5.97 Å². The van der Waals surface area contributed by atoms with Gasteiger partial charge in [0.2, 0.25) is 0 Å². The minimum absolute atomic E-state index is 0.361. The van der Waals surface area contributed by atoms with E-state index in [0.717, 1.165) is 33.7 Å². The predicted octanol–water partition coefficient (Wildman–Crippen LogP) is 4.70. The maximum absolute atomic E-state index is 10.9. The lowest BCUT2D eigenvalue weighted by molar-refractivity contribution is -0.131. The number of aliphatic carboxylic acids is 1. The molecule has 3 rings (SSSR count). The lowest BCUT2D eigenvalue weighted by Gasteiger charge is -2.13. The zero-order chi connectivity index (χ0) is 18.4. The van der Waals surface area contributed by atoms with Crippen molar-refractivity contribution in [1.29, 1.82) is 0 Å². The van der Waals surface area contributed by atoms with E-state index in [-0.39, 0.29) is 0 Å².